The standard InChI is InChI=1S/C65H50N4/c1-64(2)31-32-65(3,4)58-40-60-55(39-57(58)64)54-36-45-19-11-12-20-46(45)37-59(54)69(60)52-35-50-21-13-14-22-53(50)56(38-52)63-67-61(44-25-23-43(24-26-44)41-15-7-5-8-16-41)66-62(68-63)51-30-29-48-33-47(27-28-49(48)34-51)42-17-9-6-10-18-42/h5-30,33-40H,31-32H2,1-4H3. The van der Waals surface area contributed by atoms with Crippen molar-refractivity contribution in [3.8, 4) is 62.1 Å². The molecule has 2 aromatic heterocycles. The minimum absolute atomic E-state index is 0.0452. The van der Waals surface area contributed by atoms with Crippen molar-refractivity contribution in [3.05, 3.63) is 217 Å². The van der Waals surface area contributed by atoms with Crippen LogP contribution in [0.3, 0.4) is 0 Å². The molecular formula is C65H50N4. The van der Waals surface area contributed by atoms with Crippen molar-refractivity contribution in [1.82, 2.24) is 19.5 Å². The molecule has 13 rings (SSSR count). The van der Waals surface area contributed by atoms with Gasteiger partial charge in [-0.3, -0.25) is 0 Å². The molecule has 0 fully saturated rings. The Morgan fingerprint density at radius 1 is 0.333 bits per heavy atom. The third-order valence-corrected chi connectivity index (χ3v) is 15.0. The SMILES string of the molecule is CC1(C)CCC(C)(C)c2cc3c(cc21)c1cc2ccccc2cc1n3-c1cc(-c2nc(-c3ccc(-c4ccccc4)cc3)nc(-c3ccc4cc(-c5ccccc5)ccc4c3)n2)c2ccccc2c1. The maximum absolute atomic E-state index is 5.44. The van der Waals surface area contributed by atoms with E-state index in [1.54, 1.807) is 0 Å². The minimum atomic E-state index is 0.0452. The van der Waals surface area contributed by atoms with E-state index in [1.807, 2.05) is 0 Å². The average Bonchev–Trinajstić information content (AvgIpc) is 3.70. The lowest BCUT2D eigenvalue weighted by atomic mass is 9.63. The van der Waals surface area contributed by atoms with E-state index in [-0.39, 0.29) is 10.8 Å². The van der Waals surface area contributed by atoms with Crippen molar-refractivity contribution in [2.24, 2.45) is 0 Å². The molecule has 4 heteroatoms. The first kappa shape index (κ1) is 41.0. The topological polar surface area (TPSA) is 43.6 Å². The molecule has 0 saturated heterocycles. The molecule has 0 amide bonds. The van der Waals surface area contributed by atoms with E-state index >= 15 is 0 Å². The monoisotopic (exact) mass is 886 g/mol. The Morgan fingerprint density at radius 2 is 0.797 bits per heavy atom. The van der Waals surface area contributed by atoms with Crippen LogP contribution in [0.15, 0.2) is 206 Å². The van der Waals surface area contributed by atoms with E-state index in [9.17, 15) is 0 Å². The molecule has 69 heavy (non-hydrogen) atoms. The highest BCUT2D eigenvalue weighted by Gasteiger charge is 2.38. The zero-order valence-corrected chi connectivity index (χ0v) is 39.3. The molecule has 0 atom stereocenters. The second-order valence-electron chi connectivity index (χ2n) is 20.3. The Hall–Kier alpha value is -8.21. The van der Waals surface area contributed by atoms with Crippen LogP contribution in [-0.4, -0.2) is 19.5 Å². The molecule has 0 radical (unpaired) electrons. The summed E-state index contributed by atoms with van der Waals surface area (Å²) in [5, 5.41) is 9.50. The first-order valence-electron chi connectivity index (χ1n) is 24.2. The van der Waals surface area contributed by atoms with Crippen LogP contribution in [0.5, 0.6) is 0 Å². The zero-order valence-electron chi connectivity index (χ0n) is 39.3. The molecule has 0 unspecified atom stereocenters. The van der Waals surface area contributed by atoms with Crippen LogP contribution >= 0.6 is 0 Å². The van der Waals surface area contributed by atoms with Crippen molar-refractivity contribution in [2.45, 2.75) is 51.4 Å². The van der Waals surface area contributed by atoms with Gasteiger partial charge in [0.2, 0.25) is 0 Å². The van der Waals surface area contributed by atoms with E-state index in [0.717, 1.165) is 62.3 Å². The van der Waals surface area contributed by atoms with Gasteiger partial charge in [0, 0.05) is 33.2 Å². The third kappa shape index (κ3) is 7.01. The van der Waals surface area contributed by atoms with Crippen molar-refractivity contribution < 1.29 is 0 Å². The largest absolute Gasteiger partial charge is 0.309 e. The Bertz CT molecular complexity index is 3990. The van der Waals surface area contributed by atoms with E-state index in [4.69, 9.17) is 15.0 Å². The van der Waals surface area contributed by atoms with Gasteiger partial charge >= 0.3 is 0 Å². The highest BCUT2D eigenvalue weighted by molar-refractivity contribution is 6.14. The molecule has 2 heterocycles. The van der Waals surface area contributed by atoms with Gasteiger partial charge in [0.25, 0.3) is 0 Å². The summed E-state index contributed by atoms with van der Waals surface area (Å²) in [7, 11) is 0. The summed E-state index contributed by atoms with van der Waals surface area (Å²) in [4.78, 5) is 16.1. The fourth-order valence-electron chi connectivity index (χ4n) is 11.0. The molecule has 1 aliphatic rings. The number of fused-ring (bicyclic) bond motifs is 7. The fraction of sp³-hybridized carbons (Fsp3) is 0.123. The molecule has 330 valence electrons. The molecular weight excluding hydrogens is 837 g/mol. The summed E-state index contributed by atoms with van der Waals surface area (Å²) in [5.74, 6) is 1.89. The van der Waals surface area contributed by atoms with Crippen LogP contribution in [0.2, 0.25) is 0 Å². The average molecular weight is 887 g/mol. The van der Waals surface area contributed by atoms with Crippen LogP contribution in [-0.2, 0) is 10.8 Å². The Labute approximate surface area is 402 Å². The van der Waals surface area contributed by atoms with Crippen molar-refractivity contribution in [1.29, 1.82) is 0 Å². The highest BCUT2D eigenvalue weighted by atomic mass is 15.0. The summed E-state index contributed by atoms with van der Waals surface area (Å²) < 4.78 is 2.50. The maximum atomic E-state index is 5.44. The van der Waals surface area contributed by atoms with E-state index < -0.39 is 0 Å². The zero-order chi connectivity index (χ0) is 46.4. The molecule has 0 saturated carbocycles. The Morgan fingerprint density at radius 3 is 1.49 bits per heavy atom. The summed E-state index contributed by atoms with van der Waals surface area (Å²) >= 11 is 0. The van der Waals surface area contributed by atoms with Gasteiger partial charge in [-0.05, 0) is 138 Å². The van der Waals surface area contributed by atoms with Gasteiger partial charge in [0.1, 0.15) is 0 Å². The predicted molar refractivity (Wildman–Crippen MR) is 289 cm³/mol. The third-order valence-electron chi connectivity index (χ3n) is 15.0. The molecule has 0 N–H and O–H groups in total. The second kappa shape index (κ2) is 15.7. The van der Waals surface area contributed by atoms with Gasteiger partial charge in [0.15, 0.2) is 17.5 Å². The van der Waals surface area contributed by atoms with Crippen LogP contribution in [0.25, 0.3) is 116 Å². The molecule has 12 aromatic rings. The highest BCUT2D eigenvalue weighted by Crippen LogP contribution is 2.49. The number of hydrogen-bond acceptors (Lipinski definition) is 3. The molecule has 0 bridgehead atoms. The van der Waals surface area contributed by atoms with Crippen LogP contribution in [0.1, 0.15) is 51.7 Å². The molecule has 4 nitrogen and oxygen atoms in total. The molecule has 0 spiro atoms. The number of benzene rings is 10. The summed E-state index contributed by atoms with van der Waals surface area (Å²) in [6.07, 6.45) is 2.31. The first-order valence-corrected chi connectivity index (χ1v) is 24.2. The molecule has 10 aromatic carbocycles. The number of rotatable bonds is 6. The van der Waals surface area contributed by atoms with Gasteiger partial charge in [-0.15, -0.1) is 0 Å². The number of aromatic nitrogens is 4. The maximum Gasteiger partial charge on any atom is 0.164 e. The van der Waals surface area contributed by atoms with Crippen LogP contribution < -0.4 is 0 Å². The fourth-order valence-corrected chi connectivity index (χ4v) is 11.0. The lowest BCUT2D eigenvalue weighted by Crippen LogP contribution is -2.33. The predicted octanol–water partition coefficient (Wildman–Crippen LogP) is 17.1. The van der Waals surface area contributed by atoms with Gasteiger partial charge in [0.05, 0.1) is 11.0 Å². The van der Waals surface area contributed by atoms with E-state index in [0.29, 0.717) is 17.5 Å². The van der Waals surface area contributed by atoms with Gasteiger partial charge < -0.3 is 4.57 Å². The smallest absolute Gasteiger partial charge is 0.164 e. The van der Waals surface area contributed by atoms with Crippen LogP contribution in [0.4, 0.5) is 0 Å². The van der Waals surface area contributed by atoms with Crippen molar-refractivity contribution >= 4 is 54.1 Å². The minimum Gasteiger partial charge on any atom is -0.309 e. The normalized spacial score (nSPS) is 14.2. The lowest BCUT2D eigenvalue weighted by Gasteiger charge is -2.42. The van der Waals surface area contributed by atoms with Crippen LogP contribution in [0, 0.1) is 0 Å². The number of nitrogens with zero attached hydrogens (tertiary/aromatic N) is 4. The Kier molecular flexibility index (Phi) is 9.32. The summed E-state index contributed by atoms with van der Waals surface area (Å²) in [5.41, 5.74) is 14.0. The molecule has 1 aliphatic carbocycles. The lowest BCUT2D eigenvalue weighted by molar-refractivity contribution is 0.332. The van der Waals surface area contributed by atoms with Gasteiger partial charge in [-0.25, -0.2) is 15.0 Å². The van der Waals surface area contributed by atoms with E-state index in [1.165, 1.54) is 60.4 Å². The van der Waals surface area contributed by atoms with Crippen molar-refractivity contribution in [2.75, 3.05) is 0 Å². The summed E-state index contributed by atoms with van der Waals surface area (Å²) in [6, 6.07) is 74.8. The quantitative estimate of drug-likeness (QED) is 0.167. The van der Waals surface area contributed by atoms with Gasteiger partial charge in [-0.1, -0.05) is 185 Å². The molecule has 0 aliphatic heterocycles. The Balaban J connectivity index is 1.04. The van der Waals surface area contributed by atoms with Crippen molar-refractivity contribution in [3.63, 3.8) is 0 Å². The van der Waals surface area contributed by atoms with Gasteiger partial charge in [-0.2, -0.15) is 0 Å². The number of hydrogen-bond donors (Lipinski definition) is 0. The first-order chi connectivity index (χ1) is 33.6. The second-order valence-corrected chi connectivity index (χ2v) is 20.3. The summed E-state index contributed by atoms with van der Waals surface area (Å²) in [6.45, 7) is 9.69. The van der Waals surface area contributed by atoms with E-state index in [2.05, 4.69) is 239 Å².